The highest BCUT2D eigenvalue weighted by Gasteiger charge is 2.33. The third-order valence-electron chi connectivity index (χ3n) is 6.79. The van der Waals surface area contributed by atoms with Crippen molar-refractivity contribution in [2.45, 2.75) is 38.6 Å². The molecule has 1 N–H and O–H groups in total. The molecule has 0 aliphatic carbocycles. The Labute approximate surface area is 230 Å². The summed E-state index contributed by atoms with van der Waals surface area (Å²) < 4.78 is 17.8. The van der Waals surface area contributed by atoms with E-state index in [1.165, 1.54) is 11.3 Å². The molecule has 1 aliphatic rings. The average Bonchev–Trinajstić information content (AvgIpc) is 3.62. The Balaban J connectivity index is 1.44. The first-order chi connectivity index (χ1) is 19.0. The summed E-state index contributed by atoms with van der Waals surface area (Å²) in [6.45, 7) is 1.54. The number of benzene rings is 2. The van der Waals surface area contributed by atoms with E-state index in [0.717, 1.165) is 24.0 Å². The molecule has 2 aromatic carbocycles. The molecule has 1 aliphatic heterocycles. The summed E-state index contributed by atoms with van der Waals surface area (Å²) in [6.07, 6.45) is 1.59. The molecule has 10 nitrogen and oxygen atoms in total. The van der Waals surface area contributed by atoms with Crippen molar-refractivity contribution in [2.24, 2.45) is 0 Å². The number of nitrogens with zero attached hydrogens (tertiary/aromatic N) is 4. The highest BCUT2D eigenvalue weighted by Crippen LogP contribution is 2.32. The second kappa shape index (κ2) is 11.8. The Hall–Kier alpha value is -3.96. The highest BCUT2D eigenvalue weighted by molar-refractivity contribution is 7.21. The summed E-state index contributed by atoms with van der Waals surface area (Å²) in [7, 11) is 4.73. The molecule has 3 heterocycles. The molecule has 39 heavy (non-hydrogen) atoms. The Kier molecular flexibility index (Phi) is 8.08. The van der Waals surface area contributed by atoms with Gasteiger partial charge in [-0.05, 0) is 30.5 Å². The smallest absolute Gasteiger partial charge is 0.281 e. The topological polar surface area (TPSA) is 108 Å². The van der Waals surface area contributed by atoms with Gasteiger partial charge in [0.1, 0.15) is 30.0 Å². The molecule has 1 atom stereocenters. The second-order valence-corrected chi connectivity index (χ2v) is 10.2. The monoisotopic (exact) mass is 549 g/mol. The lowest BCUT2D eigenvalue weighted by Gasteiger charge is -2.23. The first-order valence-electron chi connectivity index (χ1n) is 12.7. The van der Waals surface area contributed by atoms with Gasteiger partial charge in [0.25, 0.3) is 5.56 Å². The van der Waals surface area contributed by atoms with E-state index in [-0.39, 0.29) is 36.2 Å². The molecule has 11 heteroatoms. The van der Waals surface area contributed by atoms with E-state index in [0.29, 0.717) is 40.4 Å². The fourth-order valence-corrected chi connectivity index (χ4v) is 5.81. The van der Waals surface area contributed by atoms with Gasteiger partial charge < -0.3 is 24.4 Å². The summed E-state index contributed by atoms with van der Waals surface area (Å²) in [5.41, 5.74) is 1.85. The Morgan fingerprint density at radius 2 is 1.92 bits per heavy atom. The van der Waals surface area contributed by atoms with Crippen LogP contribution in [0.1, 0.15) is 29.8 Å². The Bertz CT molecular complexity index is 1520. The number of fused-ring (bicyclic) bond motifs is 1. The van der Waals surface area contributed by atoms with Crippen molar-refractivity contribution in [2.75, 3.05) is 32.8 Å². The summed E-state index contributed by atoms with van der Waals surface area (Å²) in [5, 5.41) is 3.66. The van der Waals surface area contributed by atoms with Crippen LogP contribution in [0, 0.1) is 0 Å². The maximum Gasteiger partial charge on any atom is 0.281 e. The van der Waals surface area contributed by atoms with Gasteiger partial charge in [0.05, 0.1) is 20.8 Å². The molecule has 2 aromatic heterocycles. The fourth-order valence-electron chi connectivity index (χ4n) is 4.79. The van der Waals surface area contributed by atoms with Gasteiger partial charge in [-0.2, -0.15) is 0 Å². The molecule has 1 fully saturated rings. The minimum Gasteiger partial charge on any atom is -0.497 e. The number of methoxy groups -OCH3 is 3. The predicted molar refractivity (Wildman–Crippen MR) is 150 cm³/mol. The molecule has 0 saturated carbocycles. The molecule has 1 amide bonds. The average molecular weight is 550 g/mol. The normalized spacial score (nSPS) is 15.1. The lowest BCUT2D eigenvalue weighted by molar-refractivity contribution is -0.122. The molecule has 1 unspecified atom stereocenters. The third-order valence-corrected chi connectivity index (χ3v) is 7.78. The second-order valence-electron chi connectivity index (χ2n) is 9.24. The standard InChI is InChI=1S/C28H31N5O5S/c1-36-17-23-30-26-24(27(35)33(23)16-19-11-12-20(37-2)14-22(19)38-3)31-28(39-26)32-13-7-10-21(32)25(34)29-15-18-8-5-4-6-9-18/h4-6,8-9,11-12,14,21H,7,10,13,15-17H2,1-3H3,(H,29,34). The van der Waals surface area contributed by atoms with Crippen molar-refractivity contribution in [3.63, 3.8) is 0 Å². The van der Waals surface area contributed by atoms with Crippen LogP contribution in [-0.2, 0) is 29.2 Å². The molecule has 1 saturated heterocycles. The SMILES string of the molecule is COCc1nc2sc(N3CCCC3C(=O)NCc3ccccc3)nc2c(=O)n1Cc1ccc(OC)cc1OC. The van der Waals surface area contributed by atoms with Gasteiger partial charge in [-0.3, -0.25) is 14.2 Å². The summed E-state index contributed by atoms with van der Waals surface area (Å²) >= 11 is 1.33. The Morgan fingerprint density at radius 1 is 1.10 bits per heavy atom. The van der Waals surface area contributed by atoms with Crippen molar-refractivity contribution in [3.8, 4) is 11.5 Å². The summed E-state index contributed by atoms with van der Waals surface area (Å²) in [4.78, 5) is 38.7. The van der Waals surface area contributed by atoms with Gasteiger partial charge >= 0.3 is 0 Å². The number of rotatable bonds is 10. The summed E-state index contributed by atoms with van der Waals surface area (Å²) in [6, 6.07) is 14.9. The highest BCUT2D eigenvalue weighted by atomic mass is 32.1. The fraction of sp³-hybridized carbons (Fsp3) is 0.357. The number of carbonyl (C=O) groups is 1. The van der Waals surface area contributed by atoms with Gasteiger partial charge in [0.15, 0.2) is 15.5 Å². The van der Waals surface area contributed by atoms with Crippen LogP contribution in [0.25, 0.3) is 10.3 Å². The molecule has 204 valence electrons. The molecule has 0 radical (unpaired) electrons. The summed E-state index contributed by atoms with van der Waals surface area (Å²) in [5.74, 6) is 1.70. The van der Waals surface area contributed by atoms with E-state index in [1.807, 2.05) is 47.4 Å². The van der Waals surface area contributed by atoms with Crippen molar-refractivity contribution in [1.29, 1.82) is 0 Å². The molecule has 5 rings (SSSR count). The van der Waals surface area contributed by atoms with Crippen molar-refractivity contribution in [3.05, 3.63) is 75.8 Å². The maximum atomic E-state index is 13.7. The third kappa shape index (κ3) is 5.59. The number of nitrogens with one attached hydrogen (secondary N) is 1. The minimum absolute atomic E-state index is 0.0485. The van der Waals surface area contributed by atoms with Crippen LogP contribution >= 0.6 is 11.3 Å². The number of ether oxygens (including phenoxy) is 3. The predicted octanol–water partition coefficient (Wildman–Crippen LogP) is 3.35. The Morgan fingerprint density at radius 3 is 2.67 bits per heavy atom. The molecule has 0 bridgehead atoms. The number of anilines is 1. The first-order valence-corrected chi connectivity index (χ1v) is 13.5. The van der Waals surface area contributed by atoms with E-state index >= 15 is 0 Å². The van der Waals surface area contributed by atoms with Crippen LogP contribution in [0.3, 0.4) is 0 Å². The van der Waals surface area contributed by atoms with E-state index < -0.39 is 0 Å². The zero-order chi connectivity index (χ0) is 27.4. The largest absolute Gasteiger partial charge is 0.497 e. The number of carbonyl (C=O) groups excluding carboxylic acids is 1. The molecule has 4 aromatic rings. The number of amides is 1. The lowest BCUT2D eigenvalue weighted by Crippen LogP contribution is -2.43. The van der Waals surface area contributed by atoms with Crippen molar-refractivity contribution in [1.82, 2.24) is 19.9 Å². The van der Waals surface area contributed by atoms with E-state index in [9.17, 15) is 9.59 Å². The molecule has 0 spiro atoms. The van der Waals surface area contributed by atoms with Gasteiger partial charge in [-0.15, -0.1) is 0 Å². The van der Waals surface area contributed by atoms with Crippen molar-refractivity contribution >= 4 is 32.7 Å². The van der Waals surface area contributed by atoms with Crippen LogP contribution in [0.2, 0.25) is 0 Å². The first kappa shape index (κ1) is 26.6. The van der Waals surface area contributed by atoms with Gasteiger partial charge in [0.2, 0.25) is 5.91 Å². The van der Waals surface area contributed by atoms with Crippen LogP contribution in [0.4, 0.5) is 5.13 Å². The van der Waals surface area contributed by atoms with Crippen LogP contribution in [-0.4, -0.2) is 54.4 Å². The van der Waals surface area contributed by atoms with Crippen LogP contribution in [0.5, 0.6) is 11.5 Å². The van der Waals surface area contributed by atoms with Gasteiger partial charge in [-0.25, -0.2) is 9.97 Å². The molecular weight excluding hydrogens is 518 g/mol. The lowest BCUT2D eigenvalue weighted by atomic mass is 10.2. The van der Waals surface area contributed by atoms with E-state index in [4.69, 9.17) is 24.2 Å². The van der Waals surface area contributed by atoms with E-state index in [1.54, 1.807) is 32.0 Å². The minimum atomic E-state index is -0.349. The zero-order valence-corrected chi connectivity index (χ0v) is 23.0. The number of hydrogen-bond acceptors (Lipinski definition) is 9. The maximum absolute atomic E-state index is 13.7. The van der Waals surface area contributed by atoms with Crippen LogP contribution in [0.15, 0.2) is 53.3 Å². The number of aromatic nitrogens is 3. The van der Waals surface area contributed by atoms with Crippen molar-refractivity contribution < 1.29 is 19.0 Å². The quantitative estimate of drug-likeness (QED) is 0.321. The number of hydrogen-bond donors (Lipinski definition) is 1. The number of thiazole rings is 1. The van der Waals surface area contributed by atoms with Gasteiger partial charge in [0, 0.05) is 31.8 Å². The van der Waals surface area contributed by atoms with Gasteiger partial charge in [-0.1, -0.05) is 41.7 Å². The molecular formula is C28H31N5O5S. The van der Waals surface area contributed by atoms with E-state index in [2.05, 4.69) is 5.32 Å². The van der Waals surface area contributed by atoms with Crippen LogP contribution < -0.4 is 25.2 Å². The zero-order valence-electron chi connectivity index (χ0n) is 22.2.